The molecule has 74 valence electrons. The molecule has 0 radical (unpaired) electrons. The van der Waals surface area contributed by atoms with E-state index in [0.29, 0.717) is 0 Å². The van der Waals surface area contributed by atoms with Gasteiger partial charge in [-0.2, -0.15) is 0 Å². The van der Waals surface area contributed by atoms with Crippen molar-refractivity contribution in [2.75, 3.05) is 14.2 Å². The van der Waals surface area contributed by atoms with Gasteiger partial charge in [-0.05, 0) is 6.42 Å². The van der Waals surface area contributed by atoms with Gasteiger partial charge in [-0.3, -0.25) is 0 Å². The Labute approximate surface area is 78.0 Å². The van der Waals surface area contributed by atoms with E-state index in [1.807, 2.05) is 0 Å². The predicted octanol–water partition coefficient (Wildman–Crippen LogP) is -0.328. The van der Waals surface area contributed by atoms with Crippen LogP contribution in [0.15, 0.2) is 0 Å². The highest BCUT2D eigenvalue weighted by Gasteiger charge is 2.33. The van der Waals surface area contributed by atoms with Crippen molar-refractivity contribution in [1.29, 1.82) is 0 Å². The molecule has 0 heterocycles. The average molecular weight is 191 g/mol. The third-order valence-corrected chi connectivity index (χ3v) is 4.48. The molecule has 3 nitrogen and oxygen atoms in total. The SMILES string of the molecule is CCC(N)C(C)C([SiH3])(OC)OC. The van der Waals surface area contributed by atoms with E-state index in [1.54, 1.807) is 14.2 Å². The van der Waals surface area contributed by atoms with Crippen molar-refractivity contribution < 1.29 is 9.47 Å². The van der Waals surface area contributed by atoms with Crippen molar-refractivity contribution in [1.82, 2.24) is 0 Å². The number of hydrogen-bond donors (Lipinski definition) is 1. The summed E-state index contributed by atoms with van der Waals surface area (Å²) in [6, 6.07) is 0.155. The molecule has 0 bridgehead atoms. The maximum atomic E-state index is 5.92. The van der Waals surface area contributed by atoms with E-state index in [2.05, 4.69) is 13.8 Å². The smallest absolute Gasteiger partial charge is 0.144 e. The Morgan fingerprint density at radius 3 is 2.08 bits per heavy atom. The third kappa shape index (κ3) is 2.55. The second kappa shape index (κ2) is 4.96. The molecule has 2 N–H and O–H groups in total. The van der Waals surface area contributed by atoms with Crippen molar-refractivity contribution >= 4 is 10.2 Å². The van der Waals surface area contributed by atoms with Crippen molar-refractivity contribution in [3.05, 3.63) is 0 Å². The molecule has 0 fully saturated rings. The quantitative estimate of drug-likeness (QED) is 0.478. The number of rotatable bonds is 5. The number of ether oxygens (including phenoxy) is 2. The molecule has 4 heteroatoms. The van der Waals surface area contributed by atoms with E-state index in [4.69, 9.17) is 15.2 Å². The van der Waals surface area contributed by atoms with Crippen LogP contribution in [0.2, 0.25) is 0 Å². The minimum Gasteiger partial charge on any atom is -0.358 e. The average Bonchev–Trinajstić information content (AvgIpc) is 2.14. The van der Waals surface area contributed by atoms with Gasteiger partial charge in [0.1, 0.15) is 5.41 Å². The molecule has 0 amide bonds. The molecule has 0 rings (SSSR count). The van der Waals surface area contributed by atoms with E-state index in [9.17, 15) is 0 Å². The maximum Gasteiger partial charge on any atom is 0.144 e. The fourth-order valence-electron chi connectivity index (χ4n) is 1.20. The van der Waals surface area contributed by atoms with Crippen molar-refractivity contribution in [2.24, 2.45) is 11.7 Å². The lowest BCUT2D eigenvalue weighted by molar-refractivity contribution is -0.177. The Bertz CT molecular complexity index is 128. The number of nitrogens with two attached hydrogens (primary N) is 1. The molecule has 0 aromatic heterocycles. The zero-order valence-corrected chi connectivity index (χ0v) is 10.8. The zero-order chi connectivity index (χ0) is 9.78. The standard InChI is InChI=1S/C8H21NO2Si/c1-5-7(9)6(2)8(12,10-3)11-4/h6-7H,5,9H2,1-4,12H3. The second-order valence-electron chi connectivity index (χ2n) is 3.28. The molecule has 2 atom stereocenters. The second-order valence-corrected chi connectivity index (χ2v) is 4.68. The molecular weight excluding hydrogens is 170 g/mol. The van der Waals surface area contributed by atoms with Gasteiger partial charge in [0, 0.05) is 26.2 Å². The first-order valence-corrected chi connectivity index (χ1v) is 5.37. The molecule has 0 spiro atoms. The minimum atomic E-state index is -0.421. The molecule has 0 aliphatic heterocycles. The Kier molecular flexibility index (Phi) is 5.00. The van der Waals surface area contributed by atoms with Crippen molar-refractivity contribution in [3.63, 3.8) is 0 Å². The highest BCUT2D eigenvalue weighted by atomic mass is 28.1. The molecule has 0 aromatic carbocycles. The summed E-state index contributed by atoms with van der Waals surface area (Å²) in [6.45, 7) is 4.16. The molecule has 0 aliphatic rings. The van der Waals surface area contributed by atoms with Gasteiger partial charge in [-0.1, -0.05) is 13.8 Å². The lowest BCUT2D eigenvalue weighted by Crippen LogP contribution is -2.49. The first-order chi connectivity index (χ1) is 5.51. The summed E-state index contributed by atoms with van der Waals surface area (Å²) >= 11 is 0. The van der Waals surface area contributed by atoms with Gasteiger partial charge in [0.15, 0.2) is 0 Å². The van der Waals surface area contributed by atoms with Gasteiger partial charge >= 0.3 is 0 Å². The van der Waals surface area contributed by atoms with Gasteiger partial charge < -0.3 is 15.2 Å². The zero-order valence-electron chi connectivity index (χ0n) is 8.76. The fourth-order valence-corrected chi connectivity index (χ4v) is 1.63. The van der Waals surface area contributed by atoms with E-state index < -0.39 is 5.41 Å². The maximum absolute atomic E-state index is 5.92. The van der Waals surface area contributed by atoms with Crippen LogP contribution in [-0.2, 0) is 9.47 Å². The lowest BCUT2D eigenvalue weighted by atomic mass is 9.99. The molecule has 2 unspecified atom stereocenters. The van der Waals surface area contributed by atoms with Crippen LogP contribution in [0.4, 0.5) is 0 Å². The molecule has 0 saturated carbocycles. The number of methoxy groups -OCH3 is 2. The third-order valence-electron chi connectivity index (χ3n) is 2.75. The predicted molar refractivity (Wildman–Crippen MR) is 54.1 cm³/mol. The summed E-state index contributed by atoms with van der Waals surface area (Å²) in [5.41, 5.74) is 5.49. The van der Waals surface area contributed by atoms with Gasteiger partial charge in [0.2, 0.25) is 0 Å². The summed E-state index contributed by atoms with van der Waals surface area (Å²) in [5.74, 6) is 0.254. The van der Waals surface area contributed by atoms with E-state index in [-0.39, 0.29) is 12.0 Å². The Morgan fingerprint density at radius 2 is 1.83 bits per heavy atom. The largest absolute Gasteiger partial charge is 0.358 e. The molecule has 0 aliphatic carbocycles. The Morgan fingerprint density at radius 1 is 1.42 bits per heavy atom. The monoisotopic (exact) mass is 191 g/mol. The number of hydrogen-bond acceptors (Lipinski definition) is 3. The first kappa shape index (κ1) is 12.1. The normalized spacial score (nSPS) is 17.8. The summed E-state index contributed by atoms with van der Waals surface area (Å²) in [7, 11) is 4.18. The highest BCUT2D eigenvalue weighted by molar-refractivity contribution is 6.13. The van der Waals surface area contributed by atoms with Gasteiger partial charge in [-0.15, -0.1) is 0 Å². The first-order valence-electron chi connectivity index (χ1n) is 4.37. The highest BCUT2D eigenvalue weighted by Crippen LogP contribution is 2.22. The van der Waals surface area contributed by atoms with Crippen LogP contribution in [-0.4, -0.2) is 35.9 Å². The molecule has 12 heavy (non-hydrogen) atoms. The fraction of sp³-hybridized carbons (Fsp3) is 1.00. The molecule has 0 saturated heterocycles. The molecular formula is C8H21NO2Si. The van der Waals surface area contributed by atoms with Crippen molar-refractivity contribution in [2.45, 2.75) is 31.7 Å². The van der Waals surface area contributed by atoms with Crippen LogP contribution in [0.3, 0.4) is 0 Å². The van der Waals surface area contributed by atoms with Gasteiger partial charge in [0.05, 0.1) is 10.2 Å². The van der Waals surface area contributed by atoms with E-state index in [0.717, 1.165) is 16.7 Å². The Balaban J connectivity index is 4.29. The Hall–Kier alpha value is 0.0969. The van der Waals surface area contributed by atoms with Crippen LogP contribution < -0.4 is 5.73 Å². The molecule has 0 aromatic rings. The summed E-state index contributed by atoms with van der Waals surface area (Å²) in [6.07, 6.45) is 0.956. The van der Waals surface area contributed by atoms with Gasteiger partial charge in [0.25, 0.3) is 0 Å². The minimum absolute atomic E-state index is 0.155. The van der Waals surface area contributed by atoms with Crippen LogP contribution in [0.1, 0.15) is 20.3 Å². The van der Waals surface area contributed by atoms with Crippen molar-refractivity contribution in [3.8, 4) is 0 Å². The summed E-state index contributed by atoms with van der Waals surface area (Å²) in [4.78, 5) is 0. The summed E-state index contributed by atoms with van der Waals surface area (Å²) < 4.78 is 10.7. The van der Waals surface area contributed by atoms with E-state index in [1.165, 1.54) is 0 Å². The van der Waals surface area contributed by atoms with Crippen LogP contribution >= 0.6 is 0 Å². The van der Waals surface area contributed by atoms with E-state index >= 15 is 0 Å². The summed E-state index contributed by atoms with van der Waals surface area (Å²) in [5, 5.41) is 0. The van der Waals surface area contributed by atoms with Crippen LogP contribution in [0.25, 0.3) is 0 Å². The van der Waals surface area contributed by atoms with Crippen LogP contribution in [0.5, 0.6) is 0 Å². The van der Waals surface area contributed by atoms with Gasteiger partial charge in [-0.25, -0.2) is 0 Å². The lowest BCUT2D eigenvalue weighted by Gasteiger charge is -2.36. The topological polar surface area (TPSA) is 44.5 Å². The van der Waals surface area contributed by atoms with Crippen LogP contribution in [0, 0.1) is 5.92 Å².